The molecule has 3 nitrogen and oxygen atoms in total. The minimum absolute atomic E-state index is 0.0212. The van der Waals surface area contributed by atoms with Crippen molar-refractivity contribution < 1.29 is 0 Å². The van der Waals surface area contributed by atoms with Gasteiger partial charge in [-0.15, -0.1) is 11.3 Å². The molecule has 104 valence electrons. The Morgan fingerprint density at radius 3 is 2.63 bits per heavy atom. The first-order valence-corrected chi connectivity index (χ1v) is 8.09. The van der Waals surface area contributed by atoms with Gasteiger partial charge in [0.2, 0.25) is 0 Å². The van der Waals surface area contributed by atoms with Crippen LogP contribution in [0.15, 0.2) is 17.2 Å². The average Bonchev–Trinajstić information content (AvgIpc) is 2.82. The van der Waals surface area contributed by atoms with E-state index in [0.717, 1.165) is 16.6 Å². The Hall–Kier alpha value is -1.16. The van der Waals surface area contributed by atoms with Crippen LogP contribution in [-0.2, 0) is 6.42 Å². The van der Waals surface area contributed by atoms with Crippen LogP contribution in [0.2, 0.25) is 0 Å². The standard InChI is InChI=1S/C15H22N2OS/c1-2-3-4-5-6-7-8-9-12-10-13-14(18)16-11-17-15(13)19-12/h10-11H,2-9H2,1H3,(H,16,17,18). The van der Waals surface area contributed by atoms with Crippen LogP contribution in [0.1, 0.15) is 56.7 Å². The molecule has 0 saturated carbocycles. The zero-order valence-electron chi connectivity index (χ0n) is 11.6. The number of nitrogens with one attached hydrogen (secondary N) is 1. The van der Waals surface area contributed by atoms with Crippen LogP contribution in [0.25, 0.3) is 10.2 Å². The van der Waals surface area contributed by atoms with Gasteiger partial charge >= 0.3 is 0 Å². The first kappa shape index (κ1) is 14.3. The molecular formula is C15H22N2OS. The highest BCUT2D eigenvalue weighted by Crippen LogP contribution is 2.22. The Labute approximate surface area is 118 Å². The monoisotopic (exact) mass is 278 g/mol. The highest BCUT2D eigenvalue weighted by atomic mass is 32.1. The molecule has 0 unspecified atom stereocenters. The lowest BCUT2D eigenvalue weighted by Gasteiger charge is -1.99. The van der Waals surface area contributed by atoms with E-state index in [0.29, 0.717) is 0 Å². The van der Waals surface area contributed by atoms with Crippen LogP contribution in [0.3, 0.4) is 0 Å². The van der Waals surface area contributed by atoms with Crippen molar-refractivity contribution in [2.75, 3.05) is 0 Å². The van der Waals surface area contributed by atoms with Crippen LogP contribution in [0.4, 0.5) is 0 Å². The number of thiophene rings is 1. The maximum Gasteiger partial charge on any atom is 0.259 e. The molecule has 2 heterocycles. The van der Waals surface area contributed by atoms with E-state index in [1.807, 2.05) is 6.07 Å². The number of aromatic amines is 1. The molecule has 0 aliphatic carbocycles. The summed E-state index contributed by atoms with van der Waals surface area (Å²) in [6.45, 7) is 2.25. The summed E-state index contributed by atoms with van der Waals surface area (Å²) in [6, 6.07) is 2.00. The quantitative estimate of drug-likeness (QED) is 0.733. The van der Waals surface area contributed by atoms with Crippen molar-refractivity contribution in [2.45, 2.75) is 58.3 Å². The molecule has 0 atom stereocenters. The van der Waals surface area contributed by atoms with Gasteiger partial charge in [0.15, 0.2) is 0 Å². The first-order chi connectivity index (χ1) is 9.31. The normalized spacial score (nSPS) is 11.2. The largest absolute Gasteiger partial charge is 0.313 e. The third-order valence-electron chi connectivity index (χ3n) is 3.41. The molecule has 0 fully saturated rings. The number of aromatic nitrogens is 2. The van der Waals surface area contributed by atoms with Crippen molar-refractivity contribution in [1.29, 1.82) is 0 Å². The number of unbranched alkanes of at least 4 members (excludes halogenated alkanes) is 6. The molecule has 0 amide bonds. The highest BCUT2D eigenvalue weighted by Gasteiger charge is 2.05. The molecule has 0 radical (unpaired) electrons. The minimum Gasteiger partial charge on any atom is -0.313 e. The Morgan fingerprint density at radius 2 is 1.89 bits per heavy atom. The van der Waals surface area contributed by atoms with E-state index >= 15 is 0 Å². The average molecular weight is 278 g/mol. The summed E-state index contributed by atoms with van der Waals surface area (Å²) in [5, 5.41) is 0.741. The van der Waals surface area contributed by atoms with Gasteiger partial charge in [-0.3, -0.25) is 4.79 Å². The summed E-state index contributed by atoms with van der Waals surface area (Å²) >= 11 is 1.65. The van der Waals surface area contributed by atoms with Gasteiger partial charge in [-0.2, -0.15) is 0 Å². The summed E-state index contributed by atoms with van der Waals surface area (Å²) in [5.41, 5.74) is -0.0212. The fourth-order valence-electron chi connectivity index (χ4n) is 2.30. The maximum atomic E-state index is 11.6. The molecule has 0 aromatic carbocycles. The van der Waals surface area contributed by atoms with Gasteiger partial charge in [-0.25, -0.2) is 4.98 Å². The molecule has 2 rings (SSSR count). The second kappa shape index (κ2) is 7.43. The third kappa shape index (κ3) is 4.16. The smallest absolute Gasteiger partial charge is 0.259 e. The molecule has 0 aliphatic rings. The van der Waals surface area contributed by atoms with Crippen LogP contribution < -0.4 is 5.56 Å². The van der Waals surface area contributed by atoms with Crippen molar-refractivity contribution in [2.24, 2.45) is 0 Å². The molecule has 0 saturated heterocycles. The SMILES string of the molecule is CCCCCCCCCc1cc2c(=O)[nH]cnc2s1. The summed E-state index contributed by atoms with van der Waals surface area (Å²) in [4.78, 5) is 20.6. The van der Waals surface area contributed by atoms with E-state index in [1.54, 1.807) is 11.3 Å². The second-order valence-electron chi connectivity index (χ2n) is 5.03. The molecule has 0 spiro atoms. The molecule has 0 aliphatic heterocycles. The number of rotatable bonds is 8. The summed E-state index contributed by atoms with van der Waals surface area (Å²) in [6.07, 6.45) is 11.8. The number of nitrogens with zero attached hydrogens (tertiary/aromatic N) is 1. The topological polar surface area (TPSA) is 45.8 Å². The third-order valence-corrected chi connectivity index (χ3v) is 4.52. The number of hydrogen-bond acceptors (Lipinski definition) is 3. The van der Waals surface area contributed by atoms with Gasteiger partial charge in [-0.1, -0.05) is 45.4 Å². The van der Waals surface area contributed by atoms with Crippen molar-refractivity contribution in [1.82, 2.24) is 9.97 Å². The van der Waals surface area contributed by atoms with Crippen LogP contribution in [-0.4, -0.2) is 9.97 Å². The minimum atomic E-state index is -0.0212. The van der Waals surface area contributed by atoms with Gasteiger partial charge in [-0.05, 0) is 18.9 Å². The number of fused-ring (bicyclic) bond motifs is 1. The lowest BCUT2D eigenvalue weighted by Crippen LogP contribution is -2.03. The van der Waals surface area contributed by atoms with E-state index in [2.05, 4.69) is 16.9 Å². The zero-order valence-corrected chi connectivity index (χ0v) is 12.4. The van der Waals surface area contributed by atoms with Crippen LogP contribution >= 0.6 is 11.3 Å². The maximum absolute atomic E-state index is 11.6. The fourth-order valence-corrected chi connectivity index (χ4v) is 3.34. The molecule has 19 heavy (non-hydrogen) atoms. The van der Waals surface area contributed by atoms with Crippen molar-refractivity contribution in [3.05, 3.63) is 27.6 Å². The summed E-state index contributed by atoms with van der Waals surface area (Å²) in [7, 11) is 0. The molecule has 1 N–H and O–H groups in total. The van der Waals surface area contributed by atoms with Gasteiger partial charge < -0.3 is 4.98 Å². The zero-order chi connectivity index (χ0) is 13.5. The van der Waals surface area contributed by atoms with Crippen molar-refractivity contribution in [3.63, 3.8) is 0 Å². The van der Waals surface area contributed by atoms with Gasteiger partial charge in [0.05, 0.1) is 11.7 Å². The van der Waals surface area contributed by atoms with Gasteiger partial charge in [0.1, 0.15) is 4.83 Å². The Bertz CT molecular complexity index is 559. The molecule has 2 aromatic rings. The van der Waals surface area contributed by atoms with Crippen molar-refractivity contribution in [3.8, 4) is 0 Å². The van der Waals surface area contributed by atoms with Crippen LogP contribution in [0.5, 0.6) is 0 Å². The Morgan fingerprint density at radius 1 is 1.16 bits per heavy atom. The summed E-state index contributed by atoms with van der Waals surface area (Å²) in [5.74, 6) is 0. The number of H-pyrrole nitrogens is 1. The summed E-state index contributed by atoms with van der Waals surface area (Å²) < 4.78 is 0. The molecular weight excluding hydrogens is 256 g/mol. The molecule has 0 bridgehead atoms. The number of aryl methyl sites for hydroxylation is 1. The van der Waals surface area contributed by atoms with E-state index in [-0.39, 0.29) is 5.56 Å². The lowest BCUT2D eigenvalue weighted by molar-refractivity contribution is 0.590. The lowest BCUT2D eigenvalue weighted by atomic mass is 10.1. The predicted octanol–water partition coefficient (Wildman–Crippen LogP) is 4.28. The fraction of sp³-hybridized carbons (Fsp3) is 0.600. The van der Waals surface area contributed by atoms with E-state index in [4.69, 9.17) is 0 Å². The van der Waals surface area contributed by atoms with E-state index < -0.39 is 0 Å². The highest BCUT2D eigenvalue weighted by molar-refractivity contribution is 7.18. The second-order valence-corrected chi connectivity index (χ2v) is 6.15. The first-order valence-electron chi connectivity index (χ1n) is 7.27. The van der Waals surface area contributed by atoms with Crippen molar-refractivity contribution >= 4 is 21.6 Å². The molecule has 2 aromatic heterocycles. The van der Waals surface area contributed by atoms with E-state index in [1.165, 1.54) is 56.2 Å². The predicted molar refractivity (Wildman–Crippen MR) is 81.9 cm³/mol. The van der Waals surface area contributed by atoms with Gasteiger partial charge in [0.25, 0.3) is 5.56 Å². The Balaban J connectivity index is 1.76. The molecule has 4 heteroatoms. The van der Waals surface area contributed by atoms with Gasteiger partial charge in [0, 0.05) is 4.88 Å². The van der Waals surface area contributed by atoms with Crippen LogP contribution in [0, 0.1) is 0 Å². The Kier molecular flexibility index (Phi) is 5.58. The number of hydrogen-bond donors (Lipinski definition) is 1. The van der Waals surface area contributed by atoms with E-state index in [9.17, 15) is 4.79 Å².